The topological polar surface area (TPSA) is 23.8 Å². The maximum absolute atomic E-state index is 8.42. The highest BCUT2D eigenvalue weighted by Gasteiger charge is 1.88. The Morgan fingerprint density at radius 2 is 2.08 bits per heavy atom. The molecule has 1 heteroatoms. The molecule has 0 unspecified atom stereocenters. The molecule has 12 heavy (non-hydrogen) atoms. The third-order valence-corrected chi connectivity index (χ3v) is 1.57. The first kappa shape index (κ1) is 8.55. The van der Waals surface area contributed by atoms with E-state index in [4.69, 9.17) is 5.26 Å². The SMILES string of the molecule is C/C(=C\c1ccccc1)CC#N. The van der Waals surface area contributed by atoms with Crippen LogP contribution in [0.2, 0.25) is 0 Å². The van der Waals surface area contributed by atoms with Gasteiger partial charge in [0, 0.05) is 0 Å². The van der Waals surface area contributed by atoms with Crippen molar-refractivity contribution in [1.29, 1.82) is 5.26 Å². The molecule has 0 N–H and O–H groups in total. The molecule has 0 radical (unpaired) electrons. The molecule has 0 saturated heterocycles. The van der Waals surface area contributed by atoms with Crippen molar-refractivity contribution in [3.05, 3.63) is 41.5 Å². The number of rotatable bonds is 2. The molecule has 1 aromatic carbocycles. The third kappa shape index (κ3) is 2.59. The van der Waals surface area contributed by atoms with E-state index in [0.29, 0.717) is 6.42 Å². The van der Waals surface area contributed by atoms with Crippen LogP contribution < -0.4 is 0 Å². The molecule has 0 bridgehead atoms. The first-order valence-corrected chi connectivity index (χ1v) is 3.92. The van der Waals surface area contributed by atoms with Gasteiger partial charge < -0.3 is 0 Å². The number of hydrogen-bond acceptors (Lipinski definition) is 1. The Bertz CT molecular complexity index is 304. The van der Waals surface area contributed by atoms with E-state index in [1.165, 1.54) is 0 Å². The van der Waals surface area contributed by atoms with Crippen LogP contribution in [-0.2, 0) is 0 Å². The van der Waals surface area contributed by atoms with Crippen molar-refractivity contribution in [2.24, 2.45) is 0 Å². The zero-order chi connectivity index (χ0) is 8.81. The normalized spacial score (nSPS) is 10.8. The Kier molecular flexibility index (Phi) is 3.10. The molecule has 0 aliphatic rings. The van der Waals surface area contributed by atoms with Crippen molar-refractivity contribution in [2.45, 2.75) is 13.3 Å². The van der Waals surface area contributed by atoms with Crippen LogP contribution in [-0.4, -0.2) is 0 Å². The minimum absolute atomic E-state index is 0.509. The molecule has 0 spiro atoms. The summed E-state index contributed by atoms with van der Waals surface area (Å²) in [5.41, 5.74) is 2.26. The van der Waals surface area contributed by atoms with E-state index in [-0.39, 0.29) is 0 Å². The van der Waals surface area contributed by atoms with E-state index >= 15 is 0 Å². The summed E-state index contributed by atoms with van der Waals surface area (Å²) < 4.78 is 0. The summed E-state index contributed by atoms with van der Waals surface area (Å²) in [5.74, 6) is 0. The monoisotopic (exact) mass is 157 g/mol. The maximum atomic E-state index is 8.42. The van der Waals surface area contributed by atoms with Crippen LogP contribution in [0.4, 0.5) is 0 Å². The Hall–Kier alpha value is -1.55. The minimum atomic E-state index is 0.509. The molecule has 0 amide bonds. The van der Waals surface area contributed by atoms with Crippen molar-refractivity contribution in [3.8, 4) is 6.07 Å². The van der Waals surface area contributed by atoms with Gasteiger partial charge in [-0.3, -0.25) is 0 Å². The first-order chi connectivity index (χ1) is 5.83. The lowest BCUT2D eigenvalue weighted by atomic mass is 10.1. The van der Waals surface area contributed by atoms with Crippen molar-refractivity contribution >= 4 is 6.08 Å². The molecule has 0 aliphatic carbocycles. The number of nitrogens with zero attached hydrogens (tertiary/aromatic N) is 1. The lowest BCUT2D eigenvalue weighted by Gasteiger charge is -1.94. The molecule has 1 aromatic rings. The average Bonchev–Trinajstić information content (AvgIpc) is 2.06. The van der Waals surface area contributed by atoms with Crippen molar-refractivity contribution in [3.63, 3.8) is 0 Å². The van der Waals surface area contributed by atoms with Gasteiger partial charge in [0.1, 0.15) is 0 Å². The summed E-state index contributed by atoms with van der Waals surface area (Å²) in [7, 11) is 0. The largest absolute Gasteiger partial charge is 0.198 e. The number of nitriles is 1. The highest BCUT2D eigenvalue weighted by Crippen LogP contribution is 2.07. The molecule has 60 valence electrons. The second-order valence-corrected chi connectivity index (χ2v) is 2.74. The van der Waals surface area contributed by atoms with E-state index in [2.05, 4.69) is 6.07 Å². The van der Waals surface area contributed by atoms with Gasteiger partial charge >= 0.3 is 0 Å². The van der Waals surface area contributed by atoms with Crippen molar-refractivity contribution < 1.29 is 0 Å². The van der Waals surface area contributed by atoms with Gasteiger partial charge in [-0.25, -0.2) is 0 Å². The number of hydrogen-bond donors (Lipinski definition) is 0. The van der Waals surface area contributed by atoms with Crippen molar-refractivity contribution in [1.82, 2.24) is 0 Å². The van der Waals surface area contributed by atoms with E-state index in [1.54, 1.807) is 0 Å². The fourth-order valence-electron chi connectivity index (χ4n) is 1.01. The number of benzene rings is 1. The van der Waals surface area contributed by atoms with E-state index in [0.717, 1.165) is 11.1 Å². The lowest BCUT2D eigenvalue weighted by molar-refractivity contribution is 1.23. The van der Waals surface area contributed by atoms with Crippen LogP contribution in [0.5, 0.6) is 0 Å². The minimum Gasteiger partial charge on any atom is -0.198 e. The van der Waals surface area contributed by atoms with Gasteiger partial charge in [0.05, 0.1) is 12.5 Å². The van der Waals surface area contributed by atoms with Crippen LogP contribution in [0.25, 0.3) is 6.08 Å². The molecule has 0 aliphatic heterocycles. The molecule has 0 heterocycles. The van der Waals surface area contributed by atoms with E-state index < -0.39 is 0 Å². The van der Waals surface area contributed by atoms with Gasteiger partial charge in [-0.05, 0) is 12.5 Å². The smallest absolute Gasteiger partial charge is 0.0666 e. The molecule has 0 fully saturated rings. The second-order valence-electron chi connectivity index (χ2n) is 2.74. The lowest BCUT2D eigenvalue weighted by Crippen LogP contribution is -1.74. The third-order valence-electron chi connectivity index (χ3n) is 1.57. The first-order valence-electron chi connectivity index (χ1n) is 3.92. The Balaban J connectivity index is 2.76. The molecular weight excluding hydrogens is 146 g/mol. The Morgan fingerprint density at radius 3 is 2.67 bits per heavy atom. The predicted molar refractivity (Wildman–Crippen MR) is 50.3 cm³/mol. The van der Waals surface area contributed by atoms with Crippen molar-refractivity contribution in [2.75, 3.05) is 0 Å². The molecule has 0 aromatic heterocycles. The van der Waals surface area contributed by atoms with Gasteiger partial charge in [0.15, 0.2) is 0 Å². The van der Waals surface area contributed by atoms with Gasteiger partial charge in [0.2, 0.25) is 0 Å². The molecule has 1 nitrogen and oxygen atoms in total. The zero-order valence-electron chi connectivity index (χ0n) is 7.12. The standard InChI is InChI=1S/C11H11N/c1-10(7-8-12)9-11-5-3-2-4-6-11/h2-6,9H,7H2,1H3/b10-9+. The van der Waals surface area contributed by atoms with Gasteiger partial charge in [-0.2, -0.15) is 5.26 Å². The summed E-state index contributed by atoms with van der Waals surface area (Å²) in [6, 6.07) is 12.1. The van der Waals surface area contributed by atoms with Gasteiger partial charge in [-0.15, -0.1) is 0 Å². The average molecular weight is 157 g/mol. The maximum Gasteiger partial charge on any atom is 0.0666 e. The van der Waals surface area contributed by atoms with Crippen LogP contribution in [0.1, 0.15) is 18.9 Å². The fourth-order valence-corrected chi connectivity index (χ4v) is 1.01. The summed E-state index contributed by atoms with van der Waals surface area (Å²) >= 11 is 0. The van der Waals surface area contributed by atoms with Crippen LogP contribution in [0.15, 0.2) is 35.9 Å². The molecule has 1 rings (SSSR count). The second kappa shape index (κ2) is 4.35. The van der Waals surface area contributed by atoms with Crippen LogP contribution >= 0.6 is 0 Å². The fraction of sp³-hybridized carbons (Fsp3) is 0.182. The zero-order valence-corrected chi connectivity index (χ0v) is 7.12. The quantitative estimate of drug-likeness (QED) is 0.647. The number of allylic oxidation sites excluding steroid dienone is 1. The molecule has 0 atom stereocenters. The summed E-state index contributed by atoms with van der Waals surface area (Å²) in [6.45, 7) is 1.97. The Labute approximate surface area is 73.0 Å². The van der Waals surface area contributed by atoms with E-state index in [9.17, 15) is 0 Å². The predicted octanol–water partition coefficient (Wildman–Crippen LogP) is 3.00. The highest BCUT2D eigenvalue weighted by molar-refractivity contribution is 5.52. The van der Waals surface area contributed by atoms with Gasteiger partial charge in [-0.1, -0.05) is 42.0 Å². The summed E-state index contributed by atoms with van der Waals surface area (Å²) in [5, 5.41) is 8.42. The highest BCUT2D eigenvalue weighted by atomic mass is 14.2. The van der Waals surface area contributed by atoms with Gasteiger partial charge in [0.25, 0.3) is 0 Å². The van der Waals surface area contributed by atoms with Crippen LogP contribution in [0, 0.1) is 11.3 Å². The Morgan fingerprint density at radius 1 is 1.42 bits per heavy atom. The summed E-state index contributed by atoms with van der Waals surface area (Å²) in [6.07, 6.45) is 2.54. The molecular formula is C11H11N. The molecule has 0 saturated carbocycles. The van der Waals surface area contributed by atoms with Crippen LogP contribution in [0.3, 0.4) is 0 Å². The summed E-state index contributed by atoms with van der Waals surface area (Å²) in [4.78, 5) is 0. The van der Waals surface area contributed by atoms with E-state index in [1.807, 2.05) is 43.3 Å².